The zero-order valence-electron chi connectivity index (χ0n) is 33.0. The number of esters is 2. The molecule has 3 amide bonds. The van der Waals surface area contributed by atoms with Crippen LogP contribution in [0.5, 0.6) is 11.5 Å². The molecule has 0 spiro atoms. The van der Waals surface area contributed by atoms with Crippen molar-refractivity contribution in [1.29, 1.82) is 0 Å². The van der Waals surface area contributed by atoms with Crippen molar-refractivity contribution in [3.63, 3.8) is 0 Å². The van der Waals surface area contributed by atoms with Gasteiger partial charge in [-0.15, -0.1) is 11.3 Å². The molecule has 14 nitrogen and oxygen atoms in total. The number of aromatic nitrogens is 1. The molecule has 57 heavy (non-hydrogen) atoms. The van der Waals surface area contributed by atoms with E-state index >= 15 is 0 Å². The van der Waals surface area contributed by atoms with Crippen molar-refractivity contribution < 1.29 is 47.7 Å². The van der Waals surface area contributed by atoms with E-state index in [1.165, 1.54) is 24.5 Å². The molecule has 302 valence electrons. The lowest BCUT2D eigenvalue weighted by atomic mass is 9.93. The Morgan fingerprint density at radius 3 is 2.47 bits per heavy atom. The minimum absolute atomic E-state index is 0.0128. The third-order valence-corrected chi connectivity index (χ3v) is 9.53. The highest BCUT2D eigenvalue weighted by molar-refractivity contribution is 7.13. The van der Waals surface area contributed by atoms with Crippen LogP contribution in [0.4, 0.5) is 10.5 Å². The predicted octanol–water partition coefficient (Wildman–Crippen LogP) is 7.34. The number of nitrogens with zero attached hydrogens (tertiary/aromatic N) is 1. The maximum Gasteiger partial charge on any atom is 0.407 e. The molecular weight excluding hydrogens is 753 g/mol. The van der Waals surface area contributed by atoms with E-state index in [0.29, 0.717) is 60.5 Å². The van der Waals surface area contributed by atoms with Gasteiger partial charge in [0, 0.05) is 53.1 Å². The summed E-state index contributed by atoms with van der Waals surface area (Å²) in [5.74, 6) is -1.36. The number of benzene rings is 2. The lowest BCUT2D eigenvalue weighted by Gasteiger charge is -2.20. The number of amides is 3. The van der Waals surface area contributed by atoms with Crippen molar-refractivity contribution in [2.45, 2.75) is 72.4 Å². The number of alkyl carbamates (subject to hydrolysis) is 1. The number of carbonyl (C=O) groups is 5. The minimum atomic E-state index is -0.799. The summed E-state index contributed by atoms with van der Waals surface area (Å²) < 4.78 is 27.8. The van der Waals surface area contributed by atoms with Crippen LogP contribution in [-0.4, -0.2) is 73.9 Å². The van der Waals surface area contributed by atoms with Crippen LogP contribution in [0.15, 0.2) is 53.9 Å². The predicted molar refractivity (Wildman–Crippen MR) is 215 cm³/mol. The van der Waals surface area contributed by atoms with Gasteiger partial charge >= 0.3 is 18.0 Å². The number of methoxy groups -OCH3 is 1. The molecule has 15 heteroatoms. The number of rotatable bonds is 15. The summed E-state index contributed by atoms with van der Waals surface area (Å²) in [5, 5.41) is 10.5. The second-order valence-corrected chi connectivity index (χ2v) is 14.9. The summed E-state index contributed by atoms with van der Waals surface area (Å²) >= 11 is 1.53. The molecule has 0 saturated carbocycles. The molecule has 0 atom stereocenters. The van der Waals surface area contributed by atoms with Gasteiger partial charge in [0.25, 0.3) is 11.8 Å². The molecule has 0 bridgehead atoms. The lowest BCUT2D eigenvalue weighted by Crippen LogP contribution is -2.32. The number of hydrogen-bond donors (Lipinski definition) is 3. The highest BCUT2D eigenvalue weighted by atomic mass is 32.1. The van der Waals surface area contributed by atoms with E-state index in [9.17, 15) is 24.0 Å². The van der Waals surface area contributed by atoms with Gasteiger partial charge in [0.15, 0.2) is 5.69 Å². The molecular formula is C42H48N4O10S. The number of pyridine rings is 1. The molecule has 1 aliphatic rings. The van der Waals surface area contributed by atoms with Gasteiger partial charge in [-0.1, -0.05) is 13.0 Å². The van der Waals surface area contributed by atoms with Crippen LogP contribution in [0.2, 0.25) is 0 Å². The van der Waals surface area contributed by atoms with Gasteiger partial charge in [-0.2, -0.15) is 0 Å². The SMILES string of the molecule is CCCNC(=O)c1ccc(-c2cc3c(cc2C(=O)Nc2ccc(CNC(=O)OC(C)(C)C)cc2OCCCC(=O)OCC)-c2sccc2CCO3)c(C(=O)OC)n1. The largest absolute Gasteiger partial charge is 0.493 e. The van der Waals surface area contributed by atoms with E-state index in [2.05, 4.69) is 20.9 Å². The van der Waals surface area contributed by atoms with Crippen molar-refractivity contribution in [2.24, 2.45) is 0 Å². The normalized spacial score (nSPS) is 11.8. The van der Waals surface area contributed by atoms with Gasteiger partial charge in [-0.3, -0.25) is 14.4 Å². The summed E-state index contributed by atoms with van der Waals surface area (Å²) in [7, 11) is 1.21. The Bertz CT molecular complexity index is 2120. The fraction of sp³-hybridized carbons (Fsp3) is 0.381. The molecule has 0 fully saturated rings. The van der Waals surface area contributed by atoms with Crippen molar-refractivity contribution in [3.8, 4) is 33.1 Å². The van der Waals surface area contributed by atoms with Gasteiger partial charge in [0.1, 0.15) is 22.8 Å². The molecule has 0 aliphatic carbocycles. The van der Waals surface area contributed by atoms with E-state index in [-0.39, 0.29) is 60.4 Å². The summed E-state index contributed by atoms with van der Waals surface area (Å²) in [6.07, 6.45) is 1.25. The molecule has 2 aromatic heterocycles. The Morgan fingerprint density at radius 2 is 1.74 bits per heavy atom. The van der Waals surface area contributed by atoms with E-state index in [1.54, 1.807) is 64.1 Å². The zero-order valence-corrected chi connectivity index (χ0v) is 33.8. The lowest BCUT2D eigenvalue weighted by molar-refractivity contribution is -0.143. The molecule has 1 aliphatic heterocycles. The van der Waals surface area contributed by atoms with Crippen LogP contribution in [-0.2, 0) is 32.0 Å². The average Bonchev–Trinajstić information content (AvgIpc) is 3.58. The van der Waals surface area contributed by atoms with Crippen LogP contribution in [0.1, 0.15) is 96.3 Å². The fourth-order valence-electron chi connectivity index (χ4n) is 5.92. The molecule has 4 aromatic rings. The first-order chi connectivity index (χ1) is 27.3. The number of thiophene rings is 1. The molecule has 5 rings (SSSR count). The van der Waals surface area contributed by atoms with Crippen molar-refractivity contribution in [1.82, 2.24) is 15.6 Å². The van der Waals surface area contributed by atoms with Gasteiger partial charge in [-0.05, 0) is 99.5 Å². The summed E-state index contributed by atoms with van der Waals surface area (Å²) in [4.78, 5) is 70.5. The summed E-state index contributed by atoms with van der Waals surface area (Å²) in [6.45, 7) is 10.3. The highest BCUT2D eigenvalue weighted by Gasteiger charge is 2.28. The van der Waals surface area contributed by atoms with Crippen LogP contribution >= 0.6 is 11.3 Å². The van der Waals surface area contributed by atoms with Crippen molar-refractivity contribution in [3.05, 3.63) is 82.0 Å². The monoisotopic (exact) mass is 800 g/mol. The number of hydrogen-bond acceptors (Lipinski definition) is 12. The first-order valence-electron chi connectivity index (χ1n) is 18.8. The Balaban J connectivity index is 1.56. The maximum atomic E-state index is 14.6. The number of carbonyl (C=O) groups excluding carboxylic acids is 5. The van der Waals surface area contributed by atoms with E-state index < -0.39 is 29.5 Å². The Labute approximate surface area is 335 Å². The fourth-order valence-corrected chi connectivity index (χ4v) is 6.90. The Hall–Kier alpha value is -5.96. The molecule has 2 aromatic carbocycles. The maximum absolute atomic E-state index is 14.6. The van der Waals surface area contributed by atoms with E-state index in [0.717, 1.165) is 10.4 Å². The van der Waals surface area contributed by atoms with Gasteiger partial charge < -0.3 is 39.6 Å². The summed E-state index contributed by atoms with van der Waals surface area (Å²) in [6, 6.07) is 13.6. The minimum Gasteiger partial charge on any atom is -0.493 e. The topological polar surface area (TPSA) is 180 Å². The van der Waals surface area contributed by atoms with Crippen LogP contribution in [0, 0.1) is 0 Å². The number of anilines is 1. The smallest absolute Gasteiger partial charge is 0.407 e. The van der Waals surface area contributed by atoms with E-state index in [1.807, 2.05) is 18.4 Å². The number of ether oxygens (including phenoxy) is 5. The molecule has 3 heterocycles. The first kappa shape index (κ1) is 42.2. The number of nitrogens with one attached hydrogen (secondary N) is 3. The highest BCUT2D eigenvalue weighted by Crippen LogP contribution is 2.43. The van der Waals surface area contributed by atoms with Crippen LogP contribution in [0.3, 0.4) is 0 Å². The van der Waals surface area contributed by atoms with Crippen molar-refractivity contribution >= 4 is 46.9 Å². The molecule has 0 radical (unpaired) electrons. The van der Waals surface area contributed by atoms with Crippen LogP contribution in [0.25, 0.3) is 21.6 Å². The molecule has 3 N–H and O–H groups in total. The Morgan fingerprint density at radius 1 is 0.930 bits per heavy atom. The standard InChI is InChI=1S/C42H48N4O10S/c1-7-17-43-39(49)32-14-12-27(36(45-32)40(50)52-6)28-23-33-30(37-26(15-19-55-33)16-20-57-37)22-29(28)38(48)46-31-13-11-25(24-44-41(51)56-42(3,4)5)21-34(31)54-18-9-10-35(47)53-8-2/h11-14,16,20-23H,7-10,15,17-19,24H2,1-6H3,(H,43,49)(H,44,51)(H,46,48). The van der Waals surface area contributed by atoms with Gasteiger partial charge in [0.05, 0.1) is 32.6 Å². The molecule has 0 unspecified atom stereocenters. The van der Waals surface area contributed by atoms with Gasteiger partial charge in [-0.25, -0.2) is 14.6 Å². The van der Waals surface area contributed by atoms with Crippen LogP contribution < -0.4 is 25.4 Å². The second-order valence-electron chi connectivity index (χ2n) is 14.0. The zero-order chi connectivity index (χ0) is 41.1. The molecule has 0 saturated heterocycles. The number of fused-ring (bicyclic) bond motifs is 3. The van der Waals surface area contributed by atoms with Gasteiger partial charge in [0.2, 0.25) is 0 Å². The van der Waals surface area contributed by atoms with E-state index in [4.69, 9.17) is 23.7 Å². The second kappa shape index (κ2) is 19.3. The third kappa shape index (κ3) is 11.1. The summed E-state index contributed by atoms with van der Waals surface area (Å²) in [5.41, 5.74) is 2.65. The Kier molecular flexibility index (Phi) is 14.3. The first-order valence-corrected chi connectivity index (χ1v) is 19.6. The van der Waals surface area contributed by atoms with Crippen molar-refractivity contribution in [2.75, 3.05) is 38.8 Å². The average molecular weight is 801 g/mol. The third-order valence-electron chi connectivity index (χ3n) is 8.54. The quantitative estimate of drug-likeness (QED) is 0.0622.